The smallest absolute Gasteiger partial charge is 0.248 e. The van der Waals surface area contributed by atoms with Gasteiger partial charge in [-0.15, -0.1) is 0 Å². The molecule has 11 atom stereocenters. The summed E-state index contributed by atoms with van der Waals surface area (Å²) in [6, 6.07) is -8.52. The first-order valence-corrected chi connectivity index (χ1v) is 30.2. The molecule has 0 saturated carbocycles. The number of amides is 12. The van der Waals surface area contributed by atoms with Crippen LogP contribution >= 0.6 is 0 Å². The van der Waals surface area contributed by atoms with Gasteiger partial charge >= 0.3 is 0 Å². The van der Waals surface area contributed by atoms with E-state index in [2.05, 4.69) is 47.9 Å². The molecule has 25 heteroatoms. The highest BCUT2D eigenvalue weighted by Gasteiger charge is 2.46. The Morgan fingerprint density at radius 1 is 0.548 bits per heavy atom. The van der Waals surface area contributed by atoms with Crippen molar-refractivity contribution in [3.8, 4) is 0 Å². The lowest BCUT2D eigenvalue weighted by atomic mass is 9.94. The summed E-state index contributed by atoms with van der Waals surface area (Å²) in [5.41, 5.74) is 0.818. The molecule has 2 aliphatic rings. The molecule has 0 spiro atoms. The first kappa shape index (κ1) is 73.7. The summed E-state index contributed by atoms with van der Waals surface area (Å²) < 4.78 is 0. The van der Waals surface area contributed by atoms with Crippen molar-refractivity contribution in [2.24, 2.45) is 35.3 Å². The number of likely N-dealkylation sites (tertiary alicyclic amines) is 2. The van der Waals surface area contributed by atoms with Gasteiger partial charge in [0.25, 0.3) is 0 Å². The molecule has 0 aromatic carbocycles. The van der Waals surface area contributed by atoms with Gasteiger partial charge in [0.05, 0.1) is 12.6 Å². The van der Waals surface area contributed by atoms with Gasteiger partial charge < -0.3 is 68.5 Å². The van der Waals surface area contributed by atoms with Crippen LogP contribution in [0.25, 0.3) is 0 Å². The summed E-state index contributed by atoms with van der Waals surface area (Å²) in [6.07, 6.45) is 2.77. The number of rotatable bonds is 33. The van der Waals surface area contributed by atoms with E-state index in [1.807, 2.05) is 34.6 Å². The molecule has 0 radical (unpaired) electrons. The average Bonchev–Trinajstić information content (AvgIpc) is 4.03. The van der Waals surface area contributed by atoms with Crippen LogP contribution in [0.1, 0.15) is 188 Å². The summed E-state index contributed by atoms with van der Waals surface area (Å²) in [6.45, 7) is 28.6. The first-order chi connectivity index (χ1) is 38.9. The molecule has 2 saturated heterocycles. The molecule has 0 aliphatic carbocycles. The van der Waals surface area contributed by atoms with Gasteiger partial charge in [0.15, 0.2) is 0 Å². The molecule has 0 aromatic heterocycles. The lowest BCUT2D eigenvalue weighted by Crippen LogP contribution is -2.65. The second-order valence-corrected chi connectivity index (χ2v) is 25.6. The number of aliphatic hydroxyl groups is 1. The second-order valence-electron chi connectivity index (χ2n) is 25.6. The highest BCUT2D eigenvalue weighted by Crippen LogP contribution is 2.26. The molecule has 478 valence electrons. The van der Waals surface area contributed by atoms with Gasteiger partial charge in [-0.2, -0.15) is 0 Å². The minimum Gasteiger partial charge on any atom is -0.394 e. The van der Waals surface area contributed by atoms with Crippen LogP contribution in [0.15, 0.2) is 0 Å². The Balaban J connectivity index is 2.31. The maximum Gasteiger partial charge on any atom is 0.248 e. The van der Waals surface area contributed by atoms with Crippen molar-refractivity contribution in [2.45, 2.75) is 253 Å². The summed E-state index contributed by atoms with van der Waals surface area (Å²) in [4.78, 5) is 167. The standard InChI is InChI=1S/C59H104N12O13/c1-18-35(10)45(51(79)62-40(30-33(6)7)48(76)68-57(13,14)55(83)70-27-21-23-41(70)49(77)61-38(31-72)29-32(4)5)66-50(78)42-24-22-28-71(42)56(84)58(15,16)69-53(81)44(34(8)9)64-52(80)46(36(11)19-2)65-47(75)39(25-26-43(60)74)63-54(82)59(17,20-3)67-37(12)73/h32-36,38-42,44-46,72H,18-31H2,1-17H3,(H2,60,74)(H,61,77)(H,62,79)(H,63,82)(H,64,80)(H,65,75)(H,66,78)(H,67,73)(H,68,76)(H,69,81)/t35-,36-,38-,39-,40-,41-,42-,44-,45-,46-,59+/m0/s1. The molecule has 0 aromatic rings. The van der Waals surface area contributed by atoms with E-state index in [0.29, 0.717) is 38.5 Å². The van der Waals surface area contributed by atoms with Crippen molar-refractivity contribution in [3.05, 3.63) is 0 Å². The molecule has 12 amide bonds. The van der Waals surface area contributed by atoms with Crippen LogP contribution in [-0.2, 0) is 57.5 Å². The van der Waals surface area contributed by atoms with Gasteiger partial charge in [-0.05, 0) is 116 Å². The van der Waals surface area contributed by atoms with E-state index in [9.17, 15) is 62.6 Å². The first-order valence-electron chi connectivity index (χ1n) is 30.2. The lowest BCUT2D eigenvalue weighted by Gasteiger charge is -2.36. The summed E-state index contributed by atoms with van der Waals surface area (Å²) in [5.74, 6) is -9.12. The van der Waals surface area contributed by atoms with E-state index in [-0.39, 0.29) is 69.5 Å². The Kier molecular flexibility index (Phi) is 28.7. The van der Waals surface area contributed by atoms with Gasteiger partial charge in [-0.3, -0.25) is 57.5 Å². The Bertz CT molecular complexity index is 2340. The fourth-order valence-electron chi connectivity index (χ4n) is 10.4. The van der Waals surface area contributed by atoms with E-state index in [1.54, 1.807) is 41.5 Å². The second kappa shape index (κ2) is 32.8. The maximum atomic E-state index is 14.5. The highest BCUT2D eigenvalue weighted by atomic mass is 16.3. The van der Waals surface area contributed by atoms with E-state index in [4.69, 9.17) is 5.73 Å². The van der Waals surface area contributed by atoms with E-state index >= 15 is 0 Å². The third kappa shape index (κ3) is 21.3. The fraction of sp³-hybridized carbons (Fsp3) is 0.797. The number of nitrogens with one attached hydrogen (secondary N) is 9. The Morgan fingerprint density at radius 2 is 1.00 bits per heavy atom. The molecule has 0 unspecified atom stereocenters. The topological polar surface area (TPSA) is 366 Å². The zero-order chi connectivity index (χ0) is 64.4. The van der Waals surface area contributed by atoms with Crippen LogP contribution in [-0.4, -0.2) is 170 Å². The molecular weight excluding hydrogens is 1080 g/mol. The number of nitrogens with zero attached hydrogens (tertiary/aromatic N) is 2. The van der Waals surface area contributed by atoms with Crippen molar-refractivity contribution < 1.29 is 62.6 Å². The minimum absolute atomic E-state index is 0.111. The molecule has 2 fully saturated rings. The van der Waals surface area contributed by atoms with E-state index < -0.39 is 148 Å². The van der Waals surface area contributed by atoms with Gasteiger partial charge in [-0.25, -0.2) is 0 Å². The Labute approximate surface area is 497 Å². The average molecular weight is 1190 g/mol. The number of nitrogens with two attached hydrogens (primary N) is 1. The third-order valence-corrected chi connectivity index (χ3v) is 16.0. The van der Waals surface area contributed by atoms with Crippen LogP contribution in [0.5, 0.6) is 0 Å². The predicted molar refractivity (Wildman–Crippen MR) is 316 cm³/mol. The number of primary amides is 1. The molecule has 2 rings (SSSR count). The summed E-state index contributed by atoms with van der Waals surface area (Å²) in [5, 5.41) is 34.6. The summed E-state index contributed by atoms with van der Waals surface area (Å²) >= 11 is 0. The number of hydrogen-bond acceptors (Lipinski definition) is 13. The van der Waals surface area contributed by atoms with Crippen molar-refractivity contribution in [3.63, 3.8) is 0 Å². The number of carbonyl (C=O) groups excluding carboxylic acids is 12. The lowest BCUT2D eigenvalue weighted by molar-refractivity contribution is -0.146. The predicted octanol–water partition coefficient (Wildman–Crippen LogP) is 1.07. The van der Waals surface area contributed by atoms with Gasteiger partial charge in [0.2, 0.25) is 70.9 Å². The molecular formula is C59H104N12O13. The number of carbonyl (C=O) groups is 12. The normalized spacial score (nSPS) is 19.1. The molecule has 12 N–H and O–H groups in total. The quantitative estimate of drug-likeness (QED) is 0.0439. The zero-order valence-electron chi connectivity index (χ0n) is 53.2. The number of hydrogen-bond donors (Lipinski definition) is 11. The van der Waals surface area contributed by atoms with Crippen LogP contribution < -0.4 is 53.6 Å². The fourth-order valence-corrected chi connectivity index (χ4v) is 10.4. The Hall–Kier alpha value is -6.40. The monoisotopic (exact) mass is 1190 g/mol. The minimum atomic E-state index is -1.66. The van der Waals surface area contributed by atoms with Crippen molar-refractivity contribution in [2.75, 3.05) is 19.7 Å². The Morgan fingerprint density at radius 3 is 1.43 bits per heavy atom. The largest absolute Gasteiger partial charge is 0.394 e. The van der Waals surface area contributed by atoms with Crippen molar-refractivity contribution in [1.82, 2.24) is 57.7 Å². The van der Waals surface area contributed by atoms with E-state index in [0.717, 1.165) is 0 Å². The van der Waals surface area contributed by atoms with Gasteiger partial charge in [0, 0.05) is 26.4 Å². The van der Waals surface area contributed by atoms with Crippen molar-refractivity contribution >= 4 is 70.9 Å². The zero-order valence-corrected chi connectivity index (χ0v) is 53.2. The van der Waals surface area contributed by atoms with E-state index in [1.165, 1.54) is 51.3 Å². The third-order valence-electron chi connectivity index (χ3n) is 16.0. The molecule has 84 heavy (non-hydrogen) atoms. The molecule has 0 bridgehead atoms. The number of aliphatic hydroxyl groups excluding tert-OH is 1. The van der Waals surface area contributed by atoms with Crippen LogP contribution in [0.2, 0.25) is 0 Å². The summed E-state index contributed by atoms with van der Waals surface area (Å²) in [7, 11) is 0. The van der Waals surface area contributed by atoms with Crippen LogP contribution in [0.4, 0.5) is 0 Å². The van der Waals surface area contributed by atoms with Gasteiger partial charge in [-0.1, -0.05) is 89.0 Å². The van der Waals surface area contributed by atoms with Crippen molar-refractivity contribution in [1.29, 1.82) is 0 Å². The highest BCUT2D eigenvalue weighted by molar-refractivity contribution is 6.01. The van der Waals surface area contributed by atoms with Crippen LogP contribution in [0.3, 0.4) is 0 Å². The maximum absolute atomic E-state index is 14.5. The van der Waals surface area contributed by atoms with Crippen LogP contribution in [0, 0.1) is 29.6 Å². The molecule has 2 heterocycles. The molecule has 2 aliphatic heterocycles. The SMILES string of the molecule is CC[C@H](C)[C@H](NC(=O)[C@H](CCC(N)=O)NC(=O)[C@@](C)(CC)NC(C)=O)C(=O)N[C@H](C(=O)NC(C)(C)C(=O)N1CCC[C@H]1C(=O)N[C@H](C(=O)N[C@@H](CC(C)C)C(=O)NC(C)(C)C(=O)N1CCC[C@H]1C(=O)N[C@H](CO)CC(C)C)[C@@H](C)CC)C(C)C. The van der Waals surface area contributed by atoms with Gasteiger partial charge in [0.1, 0.15) is 58.9 Å². The molecule has 25 nitrogen and oxygen atoms in total.